The first-order valence-electron chi connectivity index (χ1n) is 3.25. The summed E-state index contributed by atoms with van der Waals surface area (Å²) in [6, 6.07) is 0. The first-order chi connectivity index (χ1) is 5.29. The summed E-state index contributed by atoms with van der Waals surface area (Å²) in [5.41, 5.74) is 0. The average molecular weight is 150 g/mol. The number of hydrogen-bond acceptors (Lipinski definition) is 3. The van der Waals surface area contributed by atoms with Crippen LogP contribution in [0.25, 0.3) is 0 Å². The van der Waals surface area contributed by atoms with Crippen LogP contribution < -0.4 is 0 Å². The Morgan fingerprint density at radius 2 is 2.27 bits per heavy atom. The largest absolute Gasteiger partial charge is 0.369 e. The highest BCUT2D eigenvalue weighted by Gasteiger charge is 1.85. The predicted molar refractivity (Wildman–Crippen MR) is 43.9 cm³/mol. The van der Waals surface area contributed by atoms with Gasteiger partial charge in [-0.15, -0.1) is 0 Å². The van der Waals surface area contributed by atoms with Crippen molar-refractivity contribution in [2.75, 3.05) is 14.1 Å². The number of rotatable bonds is 2. The lowest BCUT2D eigenvalue weighted by Crippen LogP contribution is -2.07. The van der Waals surface area contributed by atoms with Crippen LogP contribution in [0, 0.1) is 0 Å². The molecular weight excluding hydrogens is 140 g/mol. The van der Waals surface area contributed by atoms with Gasteiger partial charge in [-0.1, -0.05) is 0 Å². The molecule has 0 N–H and O–H groups in total. The molecule has 1 rings (SSSR count). The Kier molecular flexibility index (Phi) is 2.54. The Labute approximate surface area is 65.6 Å². The third-order valence-electron chi connectivity index (χ3n) is 0.970. The highest BCUT2D eigenvalue weighted by molar-refractivity contribution is 5.58. The molecule has 0 fully saturated rings. The molecule has 4 nitrogen and oxygen atoms in total. The van der Waals surface area contributed by atoms with Gasteiger partial charge in [-0.3, -0.25) is 4.98 Å². The lowest BCUT2D eigenvalue weighted by Gasteiger charge is -2.00. The SMILES string of the molecule is CN(C)/C=N/c1cnccn1. The van der Waals surface area contributed by atoms with Crippen LogP contribution in [-0.4, -0.2) is 35.3 Å². The third kappa shape index (κ3) is 2.75. The quantitative estimate of drug-likeness (QED) is 0.460. The Balaban J connectivity index is 2.65. The molecule has 0 spiro atoms. The second kappa shape index (κ2) is 3.65. The van der Waals surface area contributed by atoms with E-state index in [1.165, 1.54) is 0 Å². The molecule has 0 aromatic carbocycles. The van der Waals surface area contributed by atoms with Crippen molar-refractivity contribution < 1.29 is 0 Å². The normalized spacial score (nSPS) is 10.4. The fraction of sp³-hybridized carbons (Fsp3) is 0.286. The van der Waals surface area contributed by atoms with E-state index in [9.17, 15) is 0 Å². The number of aliphatic imine (C=N–C) groups is 1. The molecule has 0 aliphatic carbocycles. The van der Waals surface area contributed by atoms with Crippen molar-refractivity contribution in [2.45, 2.75) is 0 Å². The van der Waals surface area contributed by atoms with Crippen molar-refractivity contribution in [1.82, 2.24) is 14.9 Å². The number of nitrogens with zero attached hydrogens (tertiary/aromatic N) is 4. The lowest BCUT2D eigenvalue weighted by molar-refractivity contribution is 0.643. The first kappa shape index (κ1) is 7.65. The van der Waals surface area contributed by atoms with Gasteiger partial charge in [-0.2, -0.15) is 0 Å². The van der Waals surface area contributed by atoms with Gasteiger partial charge in [-0.05, 0) is 0 Å². The molecule has 0 saturated carbocycles. The molecule has 58 valence electrons. The molecule has 0 saturated heterocycles. The van der Waals surface area contributed by atoms with Crippen molar-refractivity contribution >= 4 is 12.2 Å². The van der Waals surface area contributed by atoms with E-state index >= 15 is 0 Å². The maximum absolute atomic E-state index is 4.03. The van der Waals surface area contributed by atoms with Gasteiger partial charge in [0.2, 0.25) is 0 Å². The van der Waals surface area contributed by atoms with E-state index in [4.69, 9.17) is 0 Å². The first-order valence-corrected chi connectivity index (χ1v) is 3.25. The van der Waals surface area contributed by atoms with Crippen LogP contribution in [-0.2, 0) is 0 Å². The van der Waals surface area contributed by atoms with Gasteiger partial charge < -0.3 is 4.90 Å². The fourth-order valence-electron chi connectivity index (χ4n) is 0.533. The monoisotopic (exact) mass is 150 g/mol. The Hall–Kier alpha value is -1.45. The molecule has 1 aromatic rings. The maximum Gasteiger partial charge on any atom is 0.172 e. The van der Waals surface area contributed by atoms with Crippen LogP contribution in [0.15, 0.2) is 23.6 Å². The van der Waals surface area contributed by atoms with Gasteiger partial charge in [0, 0.05) is 26.5 Å². The Morgan fingerprint density at radius 3 is 2.82 bits per heavy atom. The van der Waals surface area contributed by atoms with E-state index in [-0.39, 0.29) is 0 Å². The molecule has 11 heavy (non-hydrogen) atoms. The fourth-order valence-corrected chi connectivity index (χ4v) is 0.533. The van der Waals surface area contributed by atoms with Crippen LogP contribution in [0.4, 0.5) is 5.82 Å². The predicted octanol–water partition coefficient (Wildman–Crippen LogP) is 0.698. The lowest BCUT2D eigenvalue weighted by atomic mass is 10.7. The number of aromatic nitrogens is 2. The van der Waals surface area contributed by atoms with Crippen LogP contribution in [0.2, 0.25) is 0 Å². The molecule has 4 heteroatoms. The Bertz CT molecular complexity index is 229. The zero-order chi connectivity index (χ0) is 8.10. The van der Waals surface area contributed by atoms with Gasteiger partial charge in [-0.25, -0.2) is 9.98 Å². The number of hydrogen-bond donors (Lipinski definition) is 0. The van der Waals surface area contributed by atoms with E-state index in [2.05, 4.69) is 15.0 Å². The average Bonchev–Trinajstić information content (AvgIpc) is 2.03. The topological polar surface area (TPSA) is 41.4 Å². The molecule has 1 aromatic heterocycles. The van der Waals surface area contributed by atoms with Gasteiger partial charge in [0.05, 0.1) is 12.5 Å². The van der Waals surface area contributed by atoms with Crippen molar-refractivity contribution in [1.29, 1.82) is 0 Å². The summed E-state index contributed by atoms with van der Waals surface area (Å²) in [5, 5.41) is 0. The van der Waals surface area contributed by atoms with Gasteiger partial charge in [0.1, 0.15) is 0 Å². The molecule has 0 amide bonds. The summed E-state index contributed by atoms with van der Waals surface area (Å²) < 4.78 is 0. The molecule has 1 heterocycles. The summed E-state index contributed by atoms with van der Waals surface area (Å²) >= 11 is 0. The zero-order valence-electron chi connectivity index (χ0n) is 6.60. The minimum atomic E-state index is 0.626. The molecule has 0 aliphatic rings. The molecule has 0 radical (unpaired) electrons. The molecule has 0 aliphatic heterocycles. The Morgan fingerprint density at radius 1 is 1.45 bits per heavy atom. The van der Waals surface area contributed by atoms with Crippen LogP contribution >= 0.6 is 0 Å². The maximum atomic E-state index is 4.03. The summed E-state index contributed by atoms with van der Waals surface area (Å²) in [4.78, 5) is 13.7. The van der Waals surface area contributed by atoms with Crippen molar-refractivity contribution in [3.05, 3.63) is 18.6 Å². The molecule has 0 bridgehead atoms. The summed E-state index contributed by atoms with van der Waals surface area (Å²) in [6.07, 6.45) is 6.53. The van der Waals surface area contributed by atoms with Crippen molar-refractivity contribution in [3.8, 4) is 0 Å². The third-order valence-corrected chi connectivity index (χ3v) is 0.970. The zero-order valence-corrected chi connectivity index (χ0v) is 6.60. The van der Waals surface area contributed by atoms with Crippen LogP contribution in [0.5, 0.6) is 0 Å². The molecule has 0 atom stereocenters. The minimum Gasteiger partial charge on any atom is -0.369 e. The minimum absolute atomic E-state index is 0.626. The standard InChI is InChI=1S/C7H10N4/c1-11(2)6-10-7-5-8-3-4-9-7/h3-6H,1-2H3/b10-6+. The highest BCUT2D eigenvalue weighted by atomic mass is 15.1. The van der Waals surface area contributed by atoms with E-state index < -0.39 is 0 Å². The second-order valence-corrected chi connectivity index (χ2v) is 2.27. The molecular formula is C7H10N4. The van der Waals surface area contributed by atoms with E-state index in [1.54, 1.807) is 24.9 Å². The second-order valence-electron chi connectivity index (χ2n) is 2.27. The van der Waals surface area contributed by atoms with Gasteiger partial charge >= 0.3 is 0 Å². The van der Waals surface area contributed by atoms with Crippen LogP contribution in [0.3, 0.4) is 0 Å². The van der Waals surface area contributed by atoms with E-state index in [0.29, 0.717) is 5.82 Å². The van der Waals surface area contributed by atoms with E-state index in [0.717, 1.165) is 0 Å². The van der Waals surface area contributed by atoms with Gasteiger partial charge in [0.15, 0.2) is 5.82 Å². The van der Waals surface area contributed by atoms with Crippen LogP contribution in [0.1, 0.15) is 0 Å². The summed E-state index contributed by atoms with van der Waals surface area (Å²) in [6.45, 7) is 0. The summed E-state index contributed by atoms with van der Waals surface area (Å²) in [7, 11) is 3.81. The van der Waals surface area contributed by atoms with Crippen molar-refractivity contribution in [2.24, 2.45) is 4.99 Å². The van der Waals surface area contributed by atoms with E-state index in [1.807, 2.05) is 19.0 Å². The van der Waals surface area contributed by atoms with Gasteiger partial charge in [0.25, 0.3) is 0 Å². The molecule has 0 unspecified atom stereocenters. The summed E-state index contributed by atoms with van der Waals surface area (Å²) in [5.74, 6) is 0.626. The highest BCUT2D eigenvalue weighted by Crippen LogP contribution is 2.00. The smallest absolute Gasteiger partial charge is 0.172 e. The van der Waals surface area contributed by atoms with Crippen molar-refractivity contribution in [3.63, 3.8) is 0 Å².